The summed E-state index contributed by atoms with van der Waals surface area (Å²) in [5.74, 6) is 0. The highest BCUT2D eigenvalue weighted by Gasteiger charge is 2.39. The SMILES string of the molecule is N#Cc1cccc2c1CC1(CCCCC1)S2. The summed E-state index contributed by atoms with van der Waals surface area (Å²) in [6.07, 6.45) is 7.90. The fourth-order valence-corrected chi connectivity index (χ4v) is 4.64. The van der Waals surface area contributed by atoms with E-state index in [2.05, 4.69) is 12.1 Å². The minimum atomic E-state index is 0.438. The Morgan fingerprint density at radius 1 is 1.19 bits per heavy atom. The first-order valence-corrected chi connectivity index (χ1v) is 6.86. The van der Waals surface area contributed by atoms with Gasteiger partial charge >= 0.3 is 0 Å². The van der Waals surface area contributed by atoms with Crippen molar-refractivity contribution in [1.29, 1.82) is 5.26 Å². The summed E-state index contributed by atoms with van der Waals surface area (Å²) >= 11 is 2.04. The van der Waals surface area contributed by atoms with E-state index >= 15 is 0 Å². The number of hydrogen-bond acceptors (Lipinski definition) is 2. The van der Waals surface area contributed by atoms with Gasteiger partial charge in [0.05, 0.1) is 11.6 Å². The number of benzene rings is 1. The zero-order valence-corrected chi connectivity index (χ0v) is 10.1. The number of thioether (sulfide) groups is 1. The van der Waals surface area contributed by atoms with Gasteiger partial charge in [0.2, 0.25) is 0 Å². The lowest BCUT2D eigenvalue weighted by Crippen LogP contribution is -2.26. The molecule has 82 valence electrons. The van der Waals surface area contributed by atoms with Crippen LogP contribution >= 0.6 is 11.8 Å². The summed E-state index contributed by atoms with van der Waals surface area (Å²) in [4.78, 5) is 1.36. The first-order valence-electron chi connectivity index (χ1n) is 6.04. The molecule has 1 fully saturated rings. The molecule has 2 heteroatoms. The lowest BCUT2D eigenvalue weighted by atomic mass is 9.83. The largest absolute Gasteiger partial charge is 0.192 e. The Morgan fingerprint density at radius 3 is 2.75 bits per heavy atom. The number of fused-ring (bicyclic) bond motifs is 1. The highest BCUT2D eigenvalue weighted by Crippen LogP contribution is 2.53. The summed E-state index contributed by atoms with van der Waals surface area (Å²) < 4.78 is 0.438. The van der Waals surface area contributed by atoms with Gasteiger partial charge in [0, 0.05) is 9.64 Å². The maximum Gasteiger partial charge on any atom is 0.0994 e. The van der Waals surface area contributed by atoms with Crippen LogP contribution < -0.4 is 0 Å². The fourth-order valence-electron chi connectivity index (χ4n) is 3.01. The van der Waals surface area contributed by atoms with E-state index < -0.39 is 0 Å². The van der Waals surface area contributed by atoms with Crippen LogP contribution in [-0.2, 0) is 6.42 Å². The van der Waals surface area contributed by atoms with Gasteiger partial charge in [0.15, 0.2) is 0 Å². The van der Waals surface area contributed by atoms with Crippen LogP contribution in [0.3, 0.4) is 0 Å². The fraction of sp³-hybridized carbons (Fsp3) is 0.500. The van der Waals surface area contributed by atoms with Gasteiger partial charge in [0.1, 0.15) is 0 Å². The molecule has 0 saturated heterocycles. The van der Waals surface area contributed by atoms with E-state index in [0.717, 1.165) is 12.0 Å². The van der Waals surface area contributed by atoms with Gasteiger partial charge in [-0.1, -0.05) is 25.3 Å². The van der Waals surface area contributed by atoms with Gasteiger partial charge in [-0.05, 0) is 37.0 Å². The van der Waals surface area contributed by atoms with Crippen molar-refractivity contribution in [2.75, 3.05) is 0 Å². The van der Waals surface area contributed by atoms with Crippen molar-refractivity contribution < 1.29 is 0 Å². The molecule has 1 saturated carbocycles. The smallest absolute Gasteiger partial charge is 0.0994 e. The average molecular weight is 229 g/mol. The molecule has 0 N–H and O–H groups in total. The van der Waals surface area contributed by atoms with E-state index in [1.54, 1.807) is 0 Å². The lowest BCUT2D eigenvalue weighted by molar-refractivity contribution is 0.400. The molecular weight excluding hydrogens is 214 g/mol. The van der Waals surface area contributed by atoms with Gasteiger partial charge in [-0.25, -0.2) is 0 Å². The number of rotatable bonds is 0. The Balaban J connectivity index is 1.97. The molecule has 3 rings (SSSR count). The van der Waals surface area contributed by atoms with Crippen molar-refractivity contribution in [3.8, 4) is 6.07 Å². The van der Waals surface area contributed by atoms with Crippen LogP contribution in [0.5, 0.6) is 0 Å². The first kappa shape index (κ1) is 10.2. The molecule has 0 unspecified atom stereocenters. The maximum atomic E-state index is 9.13. The Bertz CT molecular complexity index is 452. The third-order valence-electron chi connectivity index (χ3n) is 3.84. The predicted molar refractivity (Wildman–Crippen MR) is 66.5 cm³/mol. The molecular formula is C14H15NS. The number of nitrogens with zero attached hydrogens (tertiary/aromatic N) is 1. The van der Waals surface area contributed by atoms with E-state index in [4.69, 9.17) is 5.26 Å². The third kappa shape index (κ3) is 1.55. The van der Waals surface area contributed by atoms with Gasteiger partial charge in [-0.15, -0.1) is 11.8 Å². The zero-order chi connectivity index (χ0) is 11.0. The Hall–Kier alpha value is -0.940. The Morgan fingerprint density at radius 2 is 2.00 bits per heavy atom. The molecule has 0 atom stereocenters. The van der Waals surface area contributed by atoms with E-state index in [9.17, 15) is 0 Å². The average Bonchev–Trinajstić information content (AvgIpc) is 2.67. The van der Waals surface area contributed by atoms with E-state index in [1.165, 1.54) is 42.6 Å². The van der Waals surface area contributed by atoms with Crippen molar-refractivity contribution >= 4 is 11.8 Å². The molecule has 2 aliphatic rings. The molecule has 0 bridgehead atoms. The van der Waals surface area contributed by atoms with Crippen molar-refractivity contribution in [3.05, 3.63) is 29.3 Å². The molecule has 1 aliphatic heterocycles. The minimum Gasteiger partial charge on any atom is -0.192 e. The van der Waals surface area contributed by atoms with Crippen LogP contribution in [0.25, 0.3) is 0 Å². The highest BCUT2D eigenvalue weighted by atomic mass is 32.2. The van der Waals surface area contributed by atoms with Crippen molar-refractivity contribution in [1.82, 2.24) is 0 Å². The second kappa shape index (κ2) is 3.82. The molecule has 1 nitrogen and oxygen atoms in total. The van der Waals surface area contributed by atoms with Gasteiger partial charge < -0.3 is 0 Å². The van der Waals surface area contributed by atoms with Gasteiger partial charge in [-0.2, -0.15) is 5.26 Å². The highest BCUT2D eigenvalue weighted by molar-refractivity contribution is 8.01. The molecule has 1 spiro atoms. The minimum absolute atomic E-state index is 0.438. The molecule has 0 amide bonds. The van der Waals surface area contributed by atoms with Crippen LogP contribution in [0.4, 0.5) is 0 Å². The maximum absolute atomic E-state index is 9.13. The number of nitriles is 1. The van der Waals surface area contributed by atoms with E-state index in [0.29, 0.717) is 4.75 Å². The summed E-state index contributed by atoms with van der Waals surface area (Å²) in [7, 11) is 0. The molecule has 1 aromatic carbocycles. The zero-order valence-electron chi connectivity index (χ0n) is 9.33. The molecule has 1 aliphatic carbocycles. The monoisotopic (exact) mass is 229 g/mol. The van der Waals surface area contributed by atoms with Gasteiger partial charge in [-0.3, -0.25) is 0 Å². The number of hydrogen-bond donors (Lipinski definition) is 0. The van der Waals surface area contributed by atoms with Crippen LogP contribution in [0.2, 0.25) is 0 Å². The second-order valence-electron chi connectivity index (χ2n) is 4.92. The van der Waals surface area contributed by atoms with E-state index in [1.807, 2.05) is 23.9 Å². The Labute approximate surface area is 101 Å². The molecule has 1 heterocycles. The molecule has 0 radical (unpaired) electrons. The lowest BCUT2D eigenvalue weighted by Gasteiger charge is -2.32. The summed E-state index contributed by atoms with van der Waals surface area (Å²) in [5.41, 5.74) is 2.21. The topological polar surface area (TPSA) is 23.8 Å². The Kier molecular flexibility index (Phi) is 2.44. The third-order valence-corrected chi connectivity index (χ3v) is 5.43. The van der Waals surface area contributed by atoms with Gasteiger partial charge in [0.25, 0.3) is 0 Å². The van der Waals surface area contributed by atoms with Crippen LogP contribution in [0, 0.1) is 11.3 Å². The van der Waals surface area contributed by atoms with E-state index in [-0.39, 0.29) is 0 Å². The second-order valence-corrected chi connectivity index (χ2v) is 6.43. The standard InChI is InChI=1S/C14H15NS/c15-10-11-5-4-6-13-12(11)9-14(16-13)7-2-1-3-8-14/h4-6H,1-3,7-9H2. The molecule has 1 aromatic rings. The predicted octanol–water partition coefficient (Wildman–Crippen LogP) is 3.91. The summed E-state index contributed by atoms with van der Waals surface area (Å²) in [6, 6.07) is 8.50. The van der Waals surface area contributed by atoms with Crippen LogP contribution in [0.1, 0.15) is 43.2 Å². The van der Waals surface area contributed by atoms with Crippen molar-refractivity contribution in [2.24, 2.45) is 0 Å². The van der Waals surface area contributed by atoms with Crippen molar-refractivity contribution in [2.45, 2.75) is 48.2 Å². The normalized spacial score (nSPS) is 21.7. The first-order chi connectivity index (χ1) is 7.83. The molecule has 0 aromatic heterocycles. The van der Waals surface area contributed by atoms with Crippen molar-refractivity contribution in [3.63, 3.8) is 0 Å². The molecule has 16 heavy (non-hydrogen) atoms. The van der Waals surface area contributed by atoms with Crippen LogP contribution in [0.15, 0.2) is 23.1 Å². The quantitative estimate of drug-likeness (QED) is 0.673. The van der Waals surface area contributed by atoms with Crippen LogP contribution in [-0.4, -0.2) is 4.75 Å². The summed E-state index contributed by atoms with van der Waals surface area (Å²) in [5, 5.41) is 9.13. The summed E-state index contributed by atoms with van der Waals surface area (Å²) in [6.45, 7) is 0.